The van der Waals surface area contributed by atoms with Gasteiger partial charge in [0.1, 0.15) is 5.75 Å². The van der Waals surface area contributed by atoms with Gasteiger partial charge in [0.15, 0.2) is 11.5 Å². The lowest BCUT2D eigenvalue weighted by atomic mass is 9.81. The van der Waals surface area contributed by atoms with Crippen molar-refractivity contribution in [2.45, 2.75) is 43.8 Å². The number of aliphatic imine (C=N–C) groups is 1. The molecule has 172 valence electrons. The monoisotopic (exact) mass is 453 g/mol. The fourth-order valence-electron chi connectivity index (χ4n) is 4.03. The van der Waals surface area contributed by atoms with Crippen molar-refractivity contribution in [1.29, 1.82) is 0 Å². The molecule has 0 spiro atoms. The first-order valence-corrected chi connectivity index (χ1v) is 10.8. The normalized spacial score (nSPS) is 20.0. The van der Waals surface area contributed by atoms with E-state index in [9.17, 15) is 13.6 Å². The number of halogens is 2. The molecule has 1 atom stereocenters. The Morgan fingerprint density at radius 3 is 2.67 bits per heavy atom. The van der Waals surface area contributed by atoms with Gasteiger partial charge in [0.05, 0.1) is 0 Å². The van der Waals surface area contributed by atoms with Crippen LogP contribution in [0.2, 0.25) is 0 Å². The summed E-state index contributed by atoms with van der Waals surface area (Å²) in [5.74, 6) is 6.01. The molecule has 1 amide bonds. The molecular weight excluding hydrogens is 428 g/mol. The van der Waals surface area contributed by atoms with Crippen LogP contribution < -0.4 is 10.5 Å². The van der Waals surface area contributed by atoms with Gasteiger partial charge in [-0.1, -0.05) is 30.0 Å². The topological polar surface area (TPSA) is 88.2 Å². The van der Waals surface area contributed by atoms with Crippen molar-refractivity contribution < 1.29 is 23.4 Å². The van der Waals surface area contributed by atoms with Gasteiger partial charge < -0.3 is 15.6 Å². The highest BCUT2D eigenvalue weighted by Crippen LogP contribution is 2.48. The lowest BCUT2D eigenvalue weighted by Gasteiger charge is -2.27. The molecule has 1 fully saturated rings. The average molecular weight is 453 g/mol. The van der Waals surface area contributed by atoms with Crippen molar-refractivity contribution in [3.8, 4) is 17.6 Å². The van der Waals surface area contributed by atoms with Crippen molar-refractivity contribution in [2.75, 3.05) is 13.7 Å². The van der Waals surface area contributed by atoms with Crippen LogP contribution in [-0.2, 0) is 10.3 Å². The Hall–Kier alpha value is -3.44. The molecule has 2 aromatic carbocycles. The number of likely N-dealkylation sites (N-methyl/N-ethyl adjacent to an activating group) is 1. The van der Waals surface area contributed by atoms with E-state index in [1.54, 1.807) is 37.4 Å². The number of rotatable bonds is 7. The number of nitrogens with two attached hydrogens (primary N) is 1. The molecule has 4 rings (SSSR count). The van der Waals surface area contributed by atoms with Crippen LogP contribution in [0.25, 0.3) is 0 Å². The maximum atomic E-state index is 13.5. The minimum absolute atomic E-state index is 0.0697. The highest BCUT2D eigenvalue weighted by molar-refractivity contribution is 6.09. The Balaban J connectivity index is 1.83. The molecule has 1 aliphatic heterocycles. The molecule has 1 heterocycles. The third kappa shape index (κ3) is 4.41. The van der Waals surface area contributed by atoms with Crippen LogP contribution in [0.15, 0.2) is 47.5 Å². The predicted octanol–water partition coefficient (Wildman–Crippen LogP) is 3.32. The summed E-state index contributed by atoms with van der Waals surface area (Å²) in [4.78, 5) is 19.4. The zero-order valence-electron chi connectivity index (χ0n) is 18.2. The molecule has 0 radical (unpaired) electrons. The highest BCUT2D eigenvalue weighted by Gasteiger charge is 2.50. The van der Waals surface area contributed by atoms with Gasteiger partial charge in [0, 0.05) is 25.6 Å². The van der Waals surface area contributed by atoms with Crippen molar-refractivity contribution in [2.24, 2.45) is 10.7 Å². The van der Waals surface area contributed by atoms with E-state index < -0.39 is 12.2 Å². The lowest BCUT2D eigenvalue weighted by Crippen LogP contribution is -2.41. The SMILES string of the molecule is CN1C(=O)[C@](c2cccc(C#CCCCO)c2)(c2ccc(OC(F)F)c(C3CC3)c2)N=C1N. The molecule has 0 aromatic heterocycles. The molecule has 1 saturated carbocycles. The van der Waals surface area contributed by atoms with Crippen LogP contribution in [0.5, 0.6) is 5.75 Å². The summed E-state index contributed by atoms with van der Waals surface area (Å²) in [6, 6.07) is 12.0. The number of unbranched alkanes of at least 4 members (excludes halogenated alkanes) is 1. The molecule has 0 saturated heterocycles. The van der Waals surface area contributed by atoms with E-state index in [0.717, 1.165) is 12.8 Å². The largest absolute Gasteiger partial charge is 0.435 e. The molecule has 0 unspecified atom stereocenters. The Bertz CT molecular complexity index is 1150. The maximum Gasteiger partial charge on any atom is 0.387 e. The second-order valence-electron chi connectivity index (χ2n) is 8.16. The van der Waals surface area contributed by atoms with Gasteiger partial charge in [-0.3, -0.25) is 9.69 Å². The van der Waals surface area contributed by atoms with E-state index in [-0.39, 0.29) is 30.1 Å². The number of carbonyl (C=O) groups excluding carboxylic acids is 1. The number of carbonyl (C=O) groups is 1. The Kier molecular flexibility index (Phi) is 6.34. The van der Waals surface area contributed by atoms with E-state index in [4.69, 9.17) is 15.6 Å². The van der Waals surface area contributed by atoms with Gasteiger partial charge in [0.25, 0.3) is 5.91 Å². The van der Waals surface area contributed by atoms with Gasteiger partial charge in [0.2, 0.25) is 0 Å². The van der Waals surface area contributed by atoms with Crippen LogP contribution in [0.4, 0.5) is 8.78 Å². The summed E-state index contributed by atoms with van der Waals surface area (Å²) >= 11 is 0. The van der Waals surface area contributed by atoms with Crippen LogP contribution in [0.3, 0.4) is 0 Å². The van der Waals surface area contributed by atoms with Gasteiger partial charge in [-0.15, -0.1) is 0 Å². The number of benzene rings is 2. The number of aliphatic hydroxyl groups excluding tert-OH is 1. The lowest BCUT2D eigenvalue weighted by molar-refractivity contribution is -0.129. The number of amides is 1. The maximum absolute atomic E-state index is 13.5. The molecule has 0 bridgehead atoms. The molecule has 33 heavy (non-hydrogen) atoms. The molecule has 1 aliphatic carbocycles. The summed E-state index contributed by atoms with van der Waals surface area (Å²) < 4.78 is 30.6. The van der Waals surface area contributed by atoms with Crippen molar-refractivity contribution >= 4 is 11.9 Å². The number of guanidine groups is 1. The molecule has 8 heteroatoms. The first-order chi connectivity index (χ1) is 15.9. The number of alkyl halides is 2. The summed E-state index contributed by atoms with van der Waals surface area (Å²) in [6.07, 6.45) is 2.87. The van der Waals surface area contributed by atoms with Crippen LogP contribution in [-0.4, -0.2) is 42.1 Å². The van der Waals surface area contributed by atoms with E-state index in [0.29, 0.717) is 35.1 Å². The number of aliphatic hydroxyl groups is 1. The quantitative estimate of drug-likeness (QED) is 0.497. The number of nitrogens with zero attached hydrogens (tertiary/aromatic N) is 2. The molecule has 2 aliphatic rings. The van der Waals surface area contributed by atoms with Crippen LogP contribution in [0.1, 0.15) is 53.9 Å². The smallest absolute Gasteiger partial charge is 0.387 e. The van der Waals surface area contributed by atoms with Gasteiger partial charge in [-0.2, -0.15) is 8.78 Å². The zero-order chi connectivity index (χ0) is 23.6. The molecule has 2 aromatic rings. The first-order valence-electron chi connectivity index (χ1n) is 10.8. The third-order valence-electron chi connectivity index (χ3n) is 5.87. The number of hydrogen-bond donors (Lipinski definition) is 2. The van der Waals surface area contributed by atoms with Crippen molar-refractivity contribution in [3.05, 3.63) is 64.7 Å². The van der Waals surface area contributed by atoms with Crippen molar-refractivity contribution in [1.82, 2.24) is 4.90 Å². The molecular formula is C25H25F2N3O3. The Labute approximate surface area is 191 Å². The van der Waals surface area contributed by atoms with E-state index >= 15 is 0 Å². The van der Waals surface area contributed by atoms with E-state index in [1.165, 1.54) is 11.0 Å². The van der Waals surface area contributed by atoms with E-state index in [2.05, 4.69) is 16.8 Å². The van der Waals surface area contributed by atoms with Crippen LogP contribution >= 0.6 is 0 Å². The average Bonchev–Trinajstić information content (AvgIpc) is 3.61. The predicted molar refractivity (Wildman–Crippen MR) is 120 cm³/mol. The standard InChI is InChI=1S/C25H25F2N3O3/c1-30-22(32)25(29-24(30)28,18-8-5-7-16(14-18)6-3-2-4-13-31)19-11-12-21(33-23(26)27)20(15-19)17-9-10-17/h5,7-8,11-12,14-15,17,23,31H,2,4,9-10,13H2,1H3,(H2,28,29)/t25-/m0/s1. The third-order valence-corrected chi connectivity index (χ3v) is 5.87. The van der Waals surface area contributed by atoms with Gasteiger partial charge in [-0.25, -0.2) is 4.99 Å². The molecule has 6 nitrogen and oxygen atoms in total. The van der Waals surface area contributed by atoms with Gasteiger partial charge >= 0.3 is 6.61 Å². The minimum Gasteiger partial charge on any atom is -0.435 e. The second kappa shape index (κ2) is 9.20. The summed E-state index contributed by atoms with van der Waals surface area (Å²) in [7, 11) is 1.55. The summed E-state index contributed by atoms with van der Waals surface area (Å²) in [5, 5.41) is 8.94. The fourth-order valence-corrected chi connectivity index (χ4v) is 4.03. The highest BCUT2D eigenvalue weighted by atomic mass is 19.3. The minimum atomic E-state index is -2.93. The van der Waals surface area contributed by atoms with Crippen LogP contribution in [0, 0.1) is 11.8 Å². The number of hydrogen-bond acceptors (Lipinski definition) is 5. The molecule has 3 N–H and O–H groups in total. The van der Waals surface area contributed by atoms with E-state index in [1.807, 2.05) is 6.07 Å². The summed E-state index contributed by atoms with van der Waals surface area (Å²) in [6.45, 7) is -2.86. The Morgan fingerprint density at radius 2 is 2.03 bits per heavy atom. The van der Waals surface area contributed by atoms with Crippen molar-refractivity contribution in [3.63, 3.8) is 0 Å². The fraction of sp³-hybridized carbons (Fsp3) is 0.360. The van der Waals surface area contributed by atoms with Gasteiger partial charge in [-0.05, 0) is 66.1 Å². The zero-order valence-corrected chi connectivity index (χ0v) is 18.2. The second-order valence-corrected chi connectivity index (χ2v) is 8.16. The first kappa shape index (κ1) is 22.7. The summed E-state index contributed by atoms with van der Waals surface area (Å²) in [5.41, 5.74) is 7.06. The number of ether oxygens (including phenoxy) is 1. The Morgan fingerprint density at radius 1 is 1.27 bits per heavy atom.